The minimum atomic E-state index is -3.69. The van der Waals surface area contributed by atoms with Gasteiger partial charge in [-0.3, -0.25) is 0 Å². The van der Waals surface area contributed by atoms with Crippen LogP contribution in [0.25, 0.3) is 0 Å². The highest BCUT2D eigenvalue weighted by molar-refractivity contribution is 7.89. The third-order valence-electron chi connectivity index (χ3n) is 3.16. The van der Waals surface area contributed by atoms with E-state index in [1.165, 1.54) is 18.2 Å². The normalized spacial score (nSPS) is 11.7. The average molecular weight is 358 g/mol. The number of carboxylic acid groups (broad SMARTS) is 1. The molecule has 0 bridgehead atoms. The lowest BCUT2D eigenvalue weighted by molar-refractivity contribution is 0.0697. The highest BCUT2D eigenvalue weighted by atomic mass is 32.2. The summed E-state index contributed by atoms with van der Waals surface area (Å²) in [6.07, 6.45) is 1.53. The molecule has 0 aromatic heterocycles. The van der Waals surface area contributed by atoms with Crippen molar-refractivity contribution < 1.29 is 23.1 Å². The Morgan fingerprint density at radius 1 is 1.29 bits per heavy atom. The zero-order valence-electron chi connectivity index (χ0n) is 14.3. The van der Waals surface area contributed by atoms with Crippen LogP contribution in [-0.4, -0.2) is 45.3 Å². The fraction of sp³-hybridized carbons (Fsp3) is 0.562. The van der Waals surface area contributed by atoms with Crippen LogP contribution in [0, 0.1) is 0 Å². The van der Waals surface area contributed by atoms with Crippen LogP contribution in [0.4, 0.5) is 5.69 Å². The van der Waals surface area contributed by atoms with Crippen LogP contribution in [0.5, 0.6) is 0 Å². The van der Waals surface area contributed by atoms with Crippen molar-refractivity contribution in [2.45, 2.75) is 44.6 Å². The standard InChI is InChI=1S/C16H26N2O5S/c1-4-8-18-24(21,22)13-6-7-15(14(11-13)16(19)20)17-9-5-10-23-12(2)3/h6-7,11-12,17-18H,4-5,8-10H2,1-3H3,(H,19,20). The number of hydrogen-bond acceptors (Lipinski definition) is 5. The van der Waals surface area contributed by atoms with Gasteiger partial charge >= 0.3 is 5.97 Å². The Bertz CT molecular complexity index is 644. The minimum Gasteiger partial charge on any atom is -0.478 e. The van der Waals surface area contributed by atoms with E-state index in [2.05, 4.69) is 10.0 Å². The second-order valence-electron chi connectivity index (χ2n) is 5.61. The van der Waals surface area contributed by atoms with Gasteiger partial charge in [-0.05, 0) is 44.9 Å². The van der Waals surface area contributed by atoms with Crippen molar-refractivity contribution in [3.63, 3.8) is 0 Å². The molecule has 0 saturated heterocycles. The van der Waals surface area contributed by atoms with Crippen molar-refractivity contribution in [2.75, 3.05) is 25.0 Å². The lowest BCUT2D eigenvalue weighted by Crippen LogP contribution is -2.24. The Morgan fingerprint density at radius 3 is 2.58 bits per heavy atom. The third kappa shape index (κ3) is 6.46. The van der Waals surface area contributed by atoms with Crippen LogP contribution in [-0.2, 0) is 14.8 Å². The zero-order valence-corrected chi connectivity index (χ0v) is 15.1. The summed E-state index contributed by atoms with van der Waals surface area (Å²) in [5, 5.41) is 12.3. The number of hydrogen-bond donors (Lipinski definition) is 3. The Morgan fingerprint density at radius 2 is 2.00 bits per heavy atom. The van der Waals surface area contributed by atoms with Gasteiger partial charge in [0.25, 0.3) is 0 Å². The molecule has 7 nitrogen and oxygen atoms in total. The van der Waals surface area contributed by atoms with Crippen molar-refractivity contribution in [2.24, 2.45) is 0 Å². The van der Waals surface area contributed by atoms with Gasteiger partial charge < -0.3 is 15.2 Å². The molecule has 1 aromatic carbocycles. The largest absolute Gasteiger partial charge is 0.478 e. The summed E-state index contributed by atoms with van der Waals surface area (Å²) in [6.45, 7) is 7.15. The van der Waals surface area contributed by atoms with E-state index in [4.69, 9.17) is 4.74 Å². The van der Waals surface area contributed by atoms with Crippen molar-refractivity contribution in [3.05, 3.63) is 23.8 Å². The van der Waals surface area contributed by atoms with Gasteiger partial charge in [0.1, 0.15) is 0 Å². The molecular weight excluding hydrogens is 332 g/mol. The molecule has 0 aliphatic carbocycles. The van der Waals surface area contributed by atoms with Crippen LogP contribution >= 0.6 is 0 Å². The quantitative estimate of drug-likeness (QED) is 0.524. The Balaban J connectivity index is 2.82. The molecule has 0 amide bonds. The summed E-state index contributed by atoms with van der Waals surface area (Å²) < 4.78 is 32.0. The predicted molar refractivity (Wildman–Crippen MR) is 93.1 cm³/mol. The monoisotopic (exact) mass is 358 g/mol. The second-order valence-corrected chi connectivity index (χ2v) is 7.38. The van der Waals surface area contributed by atoms with Crippen molar-refractivity contribution in [1.82, 2.24) is 4.72 Å². The molecule has 1 aromatic rings. The Labute approximate surface area is 143 Å². The van der Waals surface area contributed by atoms with Crippen LogP contribution in [0.2, 0.25) is 0 Å². The number of ether oxygens (including phenoxy) is 1. The van der Waals surface area contributed by atoms with E-state index < -0.39 is 16.0 Å². The first-order valence-corrected chi connectivity index (χ1v) is 9.48. The zero-order chi connectivity index (χ0) is 18.2. The molecule has 0 saturated carbocycles. The number of sulfonamides is 1. The maximum atomic E-state index is 12.1. The van der Waals surface area contributed by atoms with Gasteiger partial charge in [0.05, 0.1) is 16.6 Å². The molecule has 0 aliphatic heterocycles. The van der Waals surface area contributed by atoms with Crippen LogP contribution in [0.1, 0.15) is 44.0 Å². The van der Waals surface area contributed by atoms with E-state index in [1.54, 1.807) is 0 Å². The van der Waals surface area contributed by atoms with Gasteiger partial charge in [-0.2, -0.15) is 0 Å². The number of carbonyl (C=O) groups is 1. The van der Waals surface area contributed by atoms with Crippen LogP contribution < -0.4 is 10.0 Å². The molecule has 24 heavy (non-hydrogen) atoms. The molecule has 3 N–H and O–H groups in total. The maximum absolute atomic E-state index is 12.1. The number of anilines is 1. The molecule has 8 heteroatoms. The average Bonchev–Trinajstić information content (AvgIpc) is 2.52. The highest BCUT2D eigenvalue weighted by Crippen LogP contribution is 2.21. The first-order chi connectivity index (χ1) is 11.3. The van der Waals surface area contributed by atoms with Crippen LogP contribution in [0.3, 0.4) is 0 Å². The molecule has 0 unspecified atom stereocenters. The molecule has 0 spiro atoms. The first-order valence-electron chi connectivity index (χ1n) is 8.00. The van der Waals surface area contributed by atoms with Gasteiger partial charge in [-0.1, -0.05) is 6.92 Å². The molecule has 0 fully saturated rings. The van der Waals surface area contributed by atoms with Crippen molar-refractivity contribution >= 4 is 21.7 Å². The van der Waals surface area contributed by atoms with E-state index in [0.717, 1.165) is 6.42 Å². The van der Waals surface area contributed by atoms with E-state index in [0.29, 0.717) is 31.8 Å². The molecule has 0 radical (unpaired) electrons. The Kier molecular flexibility index (Phi) is 8.17. The van der Waals surface area contributed by atoms with Gasteiger partial charge in [0.2, 0.25) is 10.0 Å². The predicted octanol–water partition coefficient (Wildman–Crippen LogP) is 2.30. The number of nitrogens with one attached hydrogen (secondary N) is 2. The maximum Gasteiger partial charge on any atom is 0.337 e. The van der Waals surface area contributed by atoms with Gasteiger partial charge in [0, 0.05) is 25.4 Å². The van der Waals surface area contributed by atoms with Gasteiger partial charge in [0.15, 0.2) is 0 Å². The lowest BCUT2D eigenvalue weighted by Gasteiger charge is -2.13. The minimum absolute atomic E-state index is 0.0537. The third-order valence-corrected chi connectivity index (χ3v) is 4.62. The Hall–Kier alpha value is -1.64. The van der Waals surface area contributed by atoms with Gasteiger partial charge in [-0.25, -0.2) is 17.9 Å². The fourth-order valence-electron chi connectivity index (χ4n) is 1.96. The summed E-state index contributed by atoms with van der Waals surface area (Å²) in [6, 6.07) is 4.05. The second kappa shape index (κ2) is 9.61. The lowest BCUT2D eigenvalue weighted by atomic mass is 10.2. The number of carboxylic acids is 1. The van der Waals surface area contributed by atoms with Crippen LogP contribution in [0.15, 0.2) is 23.1 Å². The van der Waals surface area contributed by atoms with Crippen molar-refractivity contribution in [1.29, 1.82) is 0 Å². The summed E-state index contributed by atoms with van der Waals surface area (Å²) >= 11 is 0. The van der Waals surface area contributed by atoms with E-state index in [-0.39, 0.29) is 16.6 Å². The molecule has 0 atom stereocenters. The molecule has 1 rings (SSSR count). The SMILES string of the molecule is CCCNS(=O)(=O)c1ccc(NCCCOC(C)C)c(C(=O)O)c1. The van der Waals surface area contributed by atoms with E-state index in [9.17, 15) is 18.3 Å². The number of aromatic carboxylic acids is 1. The van der Waals surface area contributed by atoms with Crippen molar-refractivity contribution in [3.8, 4) is 0 Å². The molecule has 0 heterocycles. The first kappa shape index (κ1) is 20.4. The smallest absolute Gasteiger partial charge is 0.337 e. The van der Waals surface area contributed by atoms with Gasteiger partial charge in [-0.15, -0.1) is 0 Å². The summed E-state index contributed by atoms with van der Waals surface area (Å²) in [5.41, 5.74) is 0.320. The molecular formula is C16H26N2O5S. The summed E-state index contributed by atoms with van der Waals surface area (Å²) in [7, 11) is -3.69. The summed E-state index contributed by atoms with van der Waals surface area (Å²) in [4.78, 5) is 11.4. The topological polar surface area (TPSA) is 105 Å². The molecule has 0 aliphatic rings. The fourth-order valence-corrected chi connectivity index (χ4v) is 3.12. The molecule has 136 valence electrons. The highest BCUT2D eigenvalue weighted by Gasteiger charge is 2.18. The number of benzene rings is 1. The van der Waals surface area contributed by atoms with E-state index in [1.807, 2.05) is 20.8 Å². The summed E-state index contributed by atoms with van der Waals surface area (Å²) in [5.74, 6) is -1.18. The van der Waals surface area contributed by atoms with E-state index >= 15 is 0 Å². The number of rotatable bonds is 11.